The first kappa shape index (κ1) is 23.6. The molecule has 1 aliphatic carbocycles. The third-order valence-electron chi connectivity index (χ3n) is 4.40. The number of carbonyl (C=O) groups is 1. The minimum atomic E-state index is -2.52. The molecule has 1 heterocycles. The van der Waals surface area contributed by atoms with Crippen molar-refractivity contribution in [2.45, 2.75) is 45.1 Å². The highest BCUT2D eigenvalue weighted by atomic mass is 32.1. The average Bonchev–Trinajstić information content (AvgIpc) is 3.01. The molecule has 0 radical (unpaired) electrons. The van der Waals surface area contributed by atoms with Crippen LogP contribution in [-0.4, -0.2) is 30.8 Å². The summed E-state index contributed by atoms with van der Waals surface area (Å²) in [5.74, 6) is -3.60. The van der Waals surface area contributed by atoms with Gasteiger partial charge in [0.05, 0.1) is 16.8 Å². The molecule has 0 saturated heterocycles. The van der Waals surface area contributed by atoms with Crippen LogP contribution in [0.3, 0.4) is 0 Å². The minimum Gasteiger partial charge on any atom is -0.365 e. The molecule has 6 nitrogen and oxygen atoms in total. The van der Waals surface area contributed by atoms with Crippen molar-refractivity contribution in [2.24, 2.45) is 27.5 Å². The number of aryl methyl sites for hydroxylation is 1. The summed E-state index contributed by atoms with van der Waals surface area (Å²) in [6, 6.07) is 1.40. The van der Waals surface area contributed by atoms with Crippen molar-refractivity contribution in [1.82, 2.24) is 5.43 Å². The third kappa shape index (κ3) is 6.65. The van der Waals surface area contributed by atoms with Crippen LogP contribution in [0, 0.1) is 12.8 Å². The van der Waals surface area contributed by atoms with Gasteiger partial charge in [-0.2, -0.15) is 5.10 Å². The number of aliphatic imine (C=N–C) groups is 1. The summed E-state index contributed by atoms with van der Waals surface area (Å²) in [4.78, 5) is 16.6. The quantitative estimate of drug-likeness (QED) is 0.491. The number of nitrogens with zero attached hydrogens (tertiary/aromatic N) is 2. The summed E-state index contributed by atoms with van der Waals surface area (Å²) in [7, 11) is 0. The van der Waals surface area contributed by atoms with Gasteiger partial charge < -0.3 is 11.5 Å². The number of nitrogens with two attached hydrogens (primary N) is 2. The first-order valence-electron chi connectivity index (χ1n) is 8.74. The van der Waals surface area contributed by atoms with E-state index in [0.717, 1.165) is 16.9 Å². The second-order valence-electron chi connectivity index (χ2n) is 6.40. The van der Waals surface area contributed by atoms with Crippen LogP contribution in [0.5, 0.6) is 0 Å². The van der Waals surface area contributed by atoms with Gasteiger partial charge in [0.15, 0.2) is 0 Å². The zero-order valence-corrected chi connectivity index (χ0v) is 16.9. The van der Waals surface area contributed by atoms with E-state index in [1.165, 1.54) is 18.3 Å². The molecule has 0 unspecified atom stereocenters. The summed E-state index contributed by atoms with van der Waals surface area (Å²) < 4.78 is 25.5. The maximum Gasteiger partial charge on any atom is 0.258 e. The fraction of sp³-hybridized carbons (Fsp3) is 0.421. The van der Waals surface area contributed by atoms with Crippen molar-refractivity contribution < 1.29 is 13.6 Å². The van der Waals surface area contributed by atoms with Crippen molar-refractivity contribution in [1.29, 1.82) is 0 Å². The molecule has 0 aromatic carbocycles. The van der Waals surface area contributed by atoms with Gasteiger partial charge in [-0.3, -0.25) is 15.2 Å². The number of allylic oxidation sites excluding steroid dienone is 1. The Labute approximate surface area is 168 Å². The number of amides is 1. The van der Waals surface area contributed by atoms with Crippen molar-refractivity contribution in [3.8, 4) is 0 Å². The Morgan fingerprint density at radius 1 is 1.50 bits per heavy atom. The van der Waals surface area contributed by atoms with Gasteiger partial charge in [-0.1, -0.05) is 19.6 Å². The maximum absolute atomic E-state index is 12.8. The van der Waals surface area contributed by atoms with Gasteiger partial charge in [0, 0.05) is 41.8 Å². The zero-order valence-electron chi connectivity index (χ0n) is 16.1. The van der Waals surface area contributed by atoms with Gasteiger partial charge in [0.1, 0.15) is 0 Å². The molecule has 9 heteroatoms. The Kier molecular flexibility index (Phi) is 9.14. The number of carbonyl (C=O) groups excluding carboxylic acids is 1. The number of nitrogens with one attached hydrogen (secondary N) is 1. The Balaban J connectivity index is 0.000000330. The standard InChI is InChI=1S/C12H14N4OS.C7H13F2N/c1-4-5-15-7-10(16-14-3)9-6-11(12(13)17)18-8(9)2;1-5-6(10)3-2-4-7(5,8)9/h4-7,16H,1,3H2,2H3,(H2,13,17);5-6H,2-4,10H2,1H3/b10-7-,15-5?;/t;5-,6-/m.1/s1. The average molecular weight is 412 g/mol. The molecule has 5 N–H and O–H groups in total. The normalized spacial score (nSPS) is 21.5. The number of primary amides is 1. The molecule has 1 saturated carbocycles. The first-order valence-corrected chi connectivity index (χ1v) is 9.55. The third-order valence-corrected chi connectivity index (χ3v) is 5.47. The monoisotopic (exact) mass is 411 g/mol. The van der Waals surface area contributed by atoms with Crippen LogP contribution in [0.4, 0.5) is 8.78 Å². The Morgan fingerprint density at radius 2 is 2.18 bits per heavy atom. The molecule has 154 valence electrons. The molecule has 1 aromatic rings. The summed E-state index contributed by atoms with van der Waals surface area (Å²) in [5.41, 5.74) is 14.9. The van der Waals surface area contributed by atoms with Crippen molar-refractivity contribution in [3.63, 3.8) is 0 Å². The van der Waals surface area contributed by atoms with Gasteiger partial charge in [-0.15, -0.1) is 11.3 Å². The molecule has 1 amide bonds. The Hall–Kier alpha value is -2.39. The highest BCUT2D eigenvalue weighted by molar-refractivity contribution is 7.14. The number of alkyl halides is 2. The Morgan fingerprint density at radius 3 is 2.64 bits per heavy atom. The fourth-order valence-corrected chi connectivity index (χ4v) is 3.54. The smallest absolute Gasteiger partial charge is 0.258 e. The highest BCUT2D eigenvalue weighted by Gasteiger charge is 2.42. The van der Waals surface area contributed by atoms with E-state index in [4.69, 9.17) is 11.5 Å². The maximum atomic E-state index is 12.8. The summed E-state index contributed by atoms with van der Waals surface area (Å²) in [6.45, 7) is 10.3. The number of hydrazone groups is 1. The number of hydrogen-bond donors (Lipinski definition) is 3. The second kappa shape index (κ2) is 10.8. The van der Waals surface area contributed by atoms with E-state index in [2.05, 4.69) is 28.8 Å². The minimum absolute atomic E-state index is 0.0157. The molecule has 2 rings (SSSR count). The first-order chi connectivity index (χ1) is 13.1. The summed E-state index contributed by atoms with van der Waals surface area (Å²) in [6.07, 6.45) is 6.01. The summed E-state index contributed by atoms with van der Waals surface area (Å²) >= 11 is 1.33. The second-order valence-corrected chi connectivity index (χ2v) is 7.65. The molecule has 1 aliphatic rings. The predicted octanol–water partition coefficient (Wildman–Crippen LogP) is 3.68. The lowest BCUT2D eigenvalue weighted by molar-refractivity contribution is -0.0856. The van der Waals surface area contributed by atoms with E-state index in [9.17, 15) is 13.6 Å². The molecular formula is C19H27F2N5OS. The van der Waals surface area contributed by atoms with E-state index >= 15 is 0 Å². The van der Waals surface area contributed by atoms with Crippen molar-refractivity contribution in [3.05, 3.63) is 40.2 Å². The number of halogens is 2. The number of hydrogen-bond acceptors (Lipinski definition) is 6. The lowest BCUT2D eigenvalue weighted by atomic mass is 9.83. The lowest BCUT2D eigenvalue weighted by Crippen LogP contribution is -2.44. The number of thiophene rings is 1. The van der Waals surface area contributed by atoms with Crippen LogP contribution < -0.4 is 16.9 Å². The SMILES string of the molecule is C=CC=N/C=C(\NN=C)c1cc(C(N)=O)sc1C.C[C@@H]1[C@H](N)CCCC1(F)F. The molecule has 2 atom stereocenters. The van der Waals surface area contributed by atoms with Gasteiger partial charge in [-0.05, 0) is 25.8 Å². The van der Waals surface area contributed by atoms with Crippen molar-refractivity contribution in [2.75, 3.05) is 0 Å². The van der Waals surface area contributed by atoms with Gasteiger partial charge in [0.2, 0.25) is 0 Å². The van der Waals surface area contributed by atoms with Crippen LogP contribution in [0.1, 0.15) is 46.3 Å². The van der Waals surface area contributed by atoms with Gasteiger partial charge >= 0.3 is 0 Å². The molecule has 1 aromatic heterocycles. The zero-order chi connectivity index (χ0) is 21.3. The van der Waals surface area contributed by atoms with Crippen LogP contribution in [0.2, 0.25) is 0 Å². The van der Waals surface area contributed by atoms with E-state index in [-0.39, 0.29) is 12.5 Å². The molecule has 28 heavy (non-hydrogen) atoms. The lowest BCUT2D eigenvalue weighted by Gasteiger charge is -2.33. The van der Waals surface area contributed by atoms with Crippen LogP contribution >= 0.6 is 11.3 Å². The molecule has 0 bridgehead atoms. The van der Waals surface area contributed by atoms with Gasteiger partial charge in [-0.25, -0.2) is 8.78 Å². The van der Waals surface area contributed by atoms with Crippen LogP contribution in [0.25, 0.3) is 5.70 Å². The molecule has 0 aliphatic heterocycles. The summed E-state index contributed by atoms with van der Waals surface area (Å²) in [5, 5.41) is 3.61. The van der Waals surface area contributed by atoms with Crippen molar-refractivity contribution >= 4 is 35.9 Å². The molecule has 1 fully saturated rings. The fourth-order valence-electron chi connectivity index (χ4n) is 2.66. The predicted molar refractivity (Wildman–Crippen MR) is 113 cm³/mol. The molecule has 0 spiro atoms. The van der Waals surface area contributed by atoms with Crippen LogP contribution in [0.15, 0.2) is 35.0 Å². The van der Waals surface area contributed by atoms with E-state index in [1.807, 2.05) is 6.92 Å². The van der Waals surface area contributed by atoms with Gasteiger partial charge in [0.25, 0.3) is 11.8 Å². The highest BCUT2D eigenvalue weighted by Crippen LogP contribution is 2.37. The van der Waals surface area contributed by atoms with Crippen LogP contribution in [-0.2, 0) is 0 Å². The van der Waals surface area contributed by atoms with E-state index in [1.54, 1.807) is 24.6 Å². The number of rotatable bonds is 6. The Bertz CT molecular complexity index is 758. The van der Waals surface area contributed by atoms with E-state index < -0.39 is 17.7 Å². The molecular weight excluding hydrogens is 384 g/mol. The topological polar surface area (TPSA) is 106 Å². The van der Waals surface area contributed by atoms with E-state index in [0.29, 0.717) is 17.0 Å². The largest absolute Gasteiger partial charge is 0.365 e.